The van der Waals surface area contributed by atoms with Gasteiger partial charge in [0, 0.05) is 11.5 Å². The summed E-state index contributed by atoms with van der Waals surface area (Å²) >= 11 is 0. The molecular weight excluding hydrogens is 271 g/mol. The summed E-state index contributed by atoms with van der Waals surface area (Å²) in [6.07, 6.45) is 0. The van der Waals surface area contributed by atoms with E-state index in [-0.39, 0.29) is 11.1 Å². The molecule has 0 fully saturated rings. The van der Waals surface area contributed by atoms with Gasteiger partial charge in [0.05, 0.1) is 17.5 Å². The molecule has 0 aliphatic heterocycles. The van der Waals surface area contributed by atoms with Gasteiger partial charge in [-0.1, -0.05) is 6.07 Å². The summed E-state index contributed by atoms with van der Waals surface area (Å²) in [6.45, 7) is 0. The molecular formula is C12H7FN2O5. The van der Waals surface area contributed by atoms with Crippen molar-refractivity contribution in [1.29, 1.82) is 0 Å². The van der Waals surface area contributed by atoms with E-state index in [0.29, 0.717) is 5.39 Å². The third kappa shape index (κ3) is 2.30. The fraction of sp³-hybridized carbons (Fsp3) is 0.0833. The van der Waals surface area contributed by atoms with Crippen molar-refractivity contribution in [1.82, 2.24) is 4.98 Å². The van der Waals surface area contributed by atoms with Gasteiger partial charge < -0.3 is 4.74 Å². The second-order valence-electron chi connectivity index (χ2n) is 3.78. The Balaban J connectivity index is 2.75. The number of benzene rings is 1. The van der Waals surface area contributed by atoms with Gasteiger partial charge >= 0.3 is 12.0 Å². The van der Waals surface area contributed by atoms with Crippen LogP contribution in [0.5, 0.6) is 0 Å². The van der Waals surface area contributed by atoms with E-state index in [1.807, 2.05) is 0 Å². The zero-order valence-electron chi connectivity index (χ0n) is 10.1. The van der Waals surface area contributed by atoms with Crippen LogP contribution in [0.25, 0.3) is 10.9 Å². The van der Waals surface area contributed by atoms with Gasteiger partial charge in [-0.3, -0.25) is 14.9 Å². The van der Waals surface area contributed by atoms with Crippen molar-refractivity contribution in [3.63, 3.8) is 0 Å². The van der Waals surface area contributed by atoms with E-state index < -0.39 is 28.3 Å². The molecule has 0 spiro atoms. The number of carbonyl (C=O) groups is 2. The molecule has 0 aliphatic carbocycles. The van der Waals surface area contributed by atoms with Crippen LogP contribution in [-0.2, 0) is 4.74 Å². The van der Waals surface area contributed by atoms with Crippen molar-refractivity contribution >= 4 is 28.6 Å². The van der Waals surface area contributed by atoms with Gasteiger partial charge in [0.25, 0.3) is 5.69 Å². The lowest BCUT2D eigenvalue weighted by atomic mass is 10.1. The normalized spacial score (nSPS) is 10.3. The number of methoxy groups -OCH3 is 1. The van der Waals surface area contributed by atoms with Gasteiger partial charge in [-0.05, 0) is 12.1 Å². The highest BCUT2D eigenvalue weighted by molar-refractivity contribution is 6.00. The highest BCUT2D eigenvalue weighted by atomic mass is 19.1. The van der Waals surface area contributed by atoms with Gasteiger partial charge in [-0.25, -0.2) is 9.78 Å². The van der Waals surface area contributed by atoms with Crippen molar-refractivity contribution < 1.29 is 23.6 Å². The van der Waals surface area contributed by atoms with E-state index in [9.17, 15) is 24.1 Å². The lowest BCUT2D eigenvalue weighted by Gasteiger charge is -2.04. The third-order valence-corrected chi connectivity index (χ3v) is 2.61. The third-order valence-electron chi connectivity index (χ3n) is 2.61. The molecule has 102 valence electrons. The van der Waals surface area contributed by atoms with Crippen LogP contribution >= 0.6 is 0 Å². The van der Waals surface area contributed by atoms with Crippen LogP contribution in [0.4, 0.5) is 10.1 Å². The number of ether oxygens (including phenoxy) is 1. The Kier molecular flexibility index (Phi) is 3.38. The van der Waals surface area contributed by atoms with Crippen LogP contribution in [-0.4, -0.2) is 29.0 Å². The highest BCUT2D eigenvalue weighted by Crippen LogP contribution is 2.26. The average Bonchev–Trinajstić information content (AvgIpc) is 2.44. The Bertz CT molecular complexity index is 744. The standard InChI is InChI=1S/C12H7FN2O5/c1-20-12(17)7-5-9-6(4-10(7)15(18)19)2-3-8(14-9)11(13)16/h2-5H,1H3. The SMILES string of the molecule is COC(=O)c1cc2nc(C(=O)F)ccc2cc1[N+](=O)[O-]. The van der Waals surface area contributed by atoms with Crippen LogP contribution in [0.15, 0.2) is 24.3 Å². The monoisotopic (exact) mass is 278 g/mol. The molecule has 1 aromatic heterocycles. The molecule has 2 aromatic rings. The van der Waals surface area contributed by atoms with Crippen molar-refractivity contribution in [3.05, 3.63) is 45.6 Å². The number of halogens is 1. The first-order chi connectivity index (χ1) is 9.43. The first-order valence-corrected chi connectivity index (χ1v) is 5.31. The number of pyridine rings is 1. The number of fused-ring (bicyclic) bond motifs is 1. The maximum Gasteiger partial charge on any atom is 0.350 e. The van der Waals surface area contributed by atoms with Crippen molar-refractivity contribution in [3.8, 4) is 0 Å². The minimum Gasteiger partial charge on any atom is -0.465 e. The zero-order valence-corrected chi connectivity index (χ0v) is 10.1. The van der Waals surface area contributed by atoms with Gasteiger partial charge in [-0.15, -0.1) is 0 Å². The summed E-state index contributed by atoms with van der Waals surface area (Å²) in [5.41, 5.74) is -1.13. The van der Waals surface area contributed by atoms with Crippen molar-refractivity contribution in [2.45, 2.75) is 0 Å². The molecule has 0 saturated carbocycles. The van der Waals surface area contributed by atoms with Crippen molar-refractivity contribution in [2.75, 3.05) is 7.11 Å². The van der Waals surface area contributed by atoms with Crippen molar-refractivity contribution in [2.24, 2.45) is 0 Å². The number of carbonyl (C=O) groups excluding carboxylic acids is 2. The summed E-state index contributed by atoms with van der Waals surface area (Å²) in [7, 11) is 1.07. The zero-order chi connectivity index (χ0) is 14.9. The predicted octanol–water partition coefficient (Wildman–Crippen LogP) is 2.04. The minimum absolute atomic E-state index is 0.0829. The molecule has 0 unspecified atom stereocenters. The summed E-state index contributed by atoms with van der Waals surface area (Å²) < 4.78 is 17.0. The second kappa shape index (κ2) is 5.00. The number of hydrogen-bond donors (Lipinski definition) is 0. The van der Waals surface area contributed by atoms with E-state index in [4.69, 9.17) is 0 Å². The smallest absolute Gasteiger partial charge is 0.350 e. The minimum atomic E-state index is -1.73. The maximum absolute atomic E-state index is 12.6. The Morgan fingerprint density at radius 2 is 2.05 bits per heavy atom. The Labute approximate surface area is 111 Å². The summed E-state index contributed by atoms with van der Waals surface area (Å²) in [5, 5.41) is 11.2. The number of nitro groups is 1. The first kappa shape index (κ1) is 13.5. The molecule has 1 aromatic carbocycles. The van der Waals surface area contributed by atoms with E-state index in [0.717, 1.165) is 25.3 Å². The summed E-state index contributed by atoms with van der Waals surface area (Å²) in [4.78, 5) is 36.0. The lowest BCUT2D eigenvalue weighted by molar-refractivity contribution is -0.385. The van der Waals surface area contributed by atoms with E-state index in [1.54, 1.807) is 0 Å². The second-order valence-corrected chi connectivity index (χ2v) is 3.78. The van der Waals surface area contributed by atoms with Gasteiger partial charge in [0.2, 0.25) is 0 Å². The molecule has 1 heterocycles. The maximum atomic E-state index is 12.6. The number of aromatic nitrogens is 1. The van der Waals surface area contributed by atoms with Crippen LogP contribution in [0.2, 0.25) is 0 Å². The molecule has 7 nitrogen and oxygen atoms in total. The molecule has 0 radical (unpaired) electrons. The topological polar surface area (TPSA) is 99.4 Å². The van der Waals surface area contributed by atoms with Crippen LogP contribution in [0.3, 0.4) is 0 Å². The van der Waals surface area contributed by atoms with Crippen LogP contribution in [0, 0.1) is 10.1 Å². The molecule has 20 heavy (non-hydrogen) atoms. The molecule has 0 aliphatic rings. The number of rotatable bonds is 3. The lowest BCUT2D eigenvalue weighted by Crippen LogP contribution is -2.06. The molecule has 2 rings (SSSR count). The quantitative estimate of drug-likeness (QED) is 0.368. The first-order valence-electron chi connectivity index (χ1n) is 5.31. The Morgan fingerprint density at radius 1 is 1.35 bits per heavy atom. The molecule has 0 saturated heterocycles. The average molecular weight is 278 g/mol. The Morgan fingerprint density at radius 3 is 2.60 bits per heavy atom. The molecule has 0 amide bonds. The fourth-order valence-electron chi connectivity index (χ4n) is 1.69. The predicted molar refractivity (Wildman–Crippen MR) is 65.2 cm³/mol. The number of esters is 1. The summed E-state index contributed by atoms with van der Waals surface area (Å²) in [6, 6.07) is 2.88. The highest BCUT2D eigenvalue weighted by Gasteiger charge is 2.22. The number of nitro benzene ring substituents is 1. The van der Waals surface area contributed by atoms with E-state index in [1.165, 1.54) is 6.07 Å². The van der Waals surface area contributed by atoms with Gasteiger partial charge in [0.1, 0.15) is 11.3 Å². The van der Waals surface area contributed by atoms with E-state index >= 15 is 0 Å². The molecule has 8 heteroatoms. The van der Waals surface area contributed by atoms with Gasteiger partial charge in [-0.2, -0.15) is 4.39 Å². The molecule has 0 N–H and O–H groups in total. The molecule has 0 atom stereocenters. The summed E-state index contributed by atoms with van der Waals surface area (Å²) in [5.74, 6) is -0.919. The number of nitrogens with zero attached hydrogens (tertiary/aromatic N) is 2. The largest absolute Gasteiger partial charge is 0.465 e. The fourth-order valence-corrected chi connectivity index (χ4v) is 1.69. The van der Waals surface area contributed by atoms with Gasteiger partial charge in [0.15, 0.2) is 0 Å². The molecule has 0 bridgehead atoms. The van der Waals surface area contributed by atoms with Crippen LogP contribution < -0.4 is 0 Å². The Hall–Kier alpha value is -2.90. The van der Waals surface area contributed by atoms with E-state index in [2.05, 4.69) is 9.72 Å². The van der Waals surface area contributed by atoms with Crippen LogP contribution in [0.1, 0.15) is 20.8 Å². The number of hydrogen-bond acceptors (Lipinski definition) is 6.